The maximum atomic E-state index is 13.1. The fourth-order valence-corrected chi connectivity index (χ4v) is 4.86. The summed E-state index contributed by atoms with van der Waals surface area (Å²) in [6.45, 7) is 2.61. The first kappa shape index (κ1) is 25.0. The van der Waals surface area contributed by atoms with Gasteiger partial charge in [-0.25, -0.2) is 4.98 Å². The molecule has 1 saturated heterocycles. The van der Waals surface area contributed by atoms with E-state index in [0.29, 0.717) is 18.1 Å². The summed E-state index contributed by atoms with van der Waals surface area (Å²) in [5.41, 5.74) is 0.993. The van der Waals surface area contributed by atoms with Gasteiger partial charge in [-0.05, 0) is 57.6 Å². The van der Waals surface area contributed by atoms with Crippen molar-refractivity contribution in [1.29, 1.82) is 0 Å². The van der Waals surface area contributed by atoms with Crippen LogP contribution in [0.15, 0.2) is 24.4 Å². The van der Waals surface area contributed by atoms with Crippen molar-refractivity contribution in [2.45, 2.75) is 57.7 Å². The molecule has 2 aliphatic rings. The molecule has 1 N–H and O–H groups in total. The van der Waals surface area contributed by atoms with Crippen LogP contribution in [0.3, 0.4) is 0 Å². The molecule has 0 radical (unpaired) electrons. The number of carbonyl (C=O) groups is 2. The third-order valence-electron chi connectivity index (χ3n) is 6.97. The predicted molar refractivity (Wildman–Crippen MR) is 122 cm³/mol. The minimum absolute atomic E-state index is 0.00113. The van der Waals surface area contributed by atoms with Crippen molar-refractivity contribution in [1.82, 2.24) is 19.7 Å². The van der Waals surface area contributed by atoms with E-state index in [-0.39, 0.29) is 55.9 Å². The summed E-state index contributed by atoms with van der Waals surface area (Å²) >= 11 is 0. The number of nitrogens with zero attached hydrogens (tertiary/aromatic N) is 4. The van der Waals surface area contributed by atoms with Gasteiger partial charge in [-0.1, -0.05) is 0 Å². The van der Waals surface area contributed by atoms with Crippen LogP contribution in [0.25, 0.3) is 0 Å². The highest BCUT2D eigenvalue weighted by atomic mass is 19.4. The number of rotatable bonds is 6. The van der Waals surface area contributed by atoms with Gasteiger partial charge in [0.15, 0.2) is 17.3 Å². The first-order valence-corrected chi connectivity index (χ1v) is 11.9. The molecular formula is C24H30F3N5O3. The van der Waals surface area contributed by atoms with Crippen molar-refractivity contribution in [3.05, 3.63) is 35.8 Å². The molecule has 2 fully saturated rings. The molecule has 35 heavy (non-hydrogen) atoms. The zero-order valence-corrected chi connectivity index (χ0v) is 19.8. The molecule has 11 heteroatoms. The minimum atomic E-state index is -4.19. The topological polar surface area (TPSA) is 89.3 Å². The number of nitrogens with one attached hydrogen (secondary N) is 1. The number of likely N-dealkylation sites (tertiary alicyclic amines) is 1. The van der Waals surface area contributed by atoms with E-state index in [9.17, 15) is 22.8 Å². The van der Waals surface area contributed by atoms with Crippen LogP contribution in [0.4, 0.5) is 19.0 Å². The van der Waals surface area contributed by atoms with Gasteiger partial charge in [-0.2, -0.15) is 18.3 Å². The number of alkyl halides is 3. The Morgan fingerprint density at radius 3 is 2.60 bits per heavy atom. The van der Waals surface area contributed by atoms with Gasteiger partial charge in [0.05, 0.1) is 12.0 Å². The molecule has 0 unspecified atom stereocenters. The van der Waals surface area contributed by atoms with Crippen molar-refractivity contribution in [3.8, 4) is 5.75 Å². The number of hydrogen-bond donors (Lipinski definition) is 1. The lowest BCUT2D eigenvalue weighted by Crippen LogP contribution is -2.44. The Morgan fingerprint density at radius 1 is 1.20 bits per heavy atom. The minimum Gasteiger partial charge on any atom is -0.489 e. The van der Waals surface area contributed by atoms with E-state index in [4.69, 9.17) is 4.74 Å². The molecule has 8 nitrogen and oxygen atoms in total. The molecule has 1 saturated carbocycles. The standard InChI is InChI=1S/C24H30F3N5O3/c1-15-13-20(30-31(15)2)29-22(33)21-19(6-3-11-28-21)35-14-18-5-4-12-32(18)23(34)16-7-9-17(10-8-16)24(25,26)27/h3,6,11,13,16-18H,4-5,7-10,12,14H2,1-2H3,(H,29,30,33)/t16-,17-,18-/m1/s1. The number of aryl methyl sites for hydroxylation is 2. The third-order valence-corrected chi connectivity index (χ3v) is 6.97. The number of halogens is 3. The van der Waals surface area contributed by atoms with E-state index >= 15 is 0 Å². The Morgan fingerprint density at radius 2 is 1.94 bits per heavy atom. The van der Waals surface area contributed by atoms with Crippen molar-refractivity contribution < 1.29 is 27.5 Å². The molecule has 1 aliphatic heterocycles. The van der Waals surface area contributed by atoms with Gasteiger partial charge < -0.3 is 15.0 Å². The number of hydrogen-bond acceptors (Lipinski definition) is 5. The quantitative estimate of drug-likeness (QED) is 0.654. The summed E-state index contributed by atoms with van der Waals surface area (Å²) in [7, 11) is 1.77. The van der Waals surface area contributed by atoms with Gasteiger partial charge in [0.2, 0.25) is 5.91 Å². The summed E-state index contributed by atoms with van der Waals surface area (Å²) in [6.07, 6.45) is -0.650. The maximum Gasteiger partial charge on any atom is 0.391 e. The van der Waals surface area contributed by atoms with Gasteiger partial charge in [0.25, 0.3) is 5.91 Å². The molecule has 4 rings (SSSR count). The van der Waals surface area contributed by atoms with Crippen LogP contribution < -0.4 is 10.1 Å². The smallest absolute Gasteiger partial charge is 0.391 e. The van der Waals surface area contributed by atoms with Crippen LogP contribution in [-0.4, -0.2) is 56.8 Å². The van der Waals surface area contributed by atoms with Crippen molar-refractivity contribution in [2.75, 3.05) is 18.5 Å². The van der Waals surface area contributed by atoms with Crippen LogP contribution in [0.5, 0.6) is 5.75 Å². The molecule has 0 bridgehead atoms. The lowest BCUT2D eigenvalue weighted by atomic mass is 9.81. The molecular weight excluding hydrogens is 463 g/mol. The Labute approximate surface area is 201 Å². The second kappa shape index (κ2) is 10.2. The second-order valence-electron chi connectivity index (χ2n) is 9.33. The van der Waals surface area contributed by atoms with Crippen molar-refractivity contribution >= 4 is 17.6 Å². The summed E-state index contributed by atoms with van der Waals surface area (Å²) in [4.78, 5) is 31.8. The monoisotopic (exact) mass is 493 g/mol. The summed E-state index contributed by atoms with van der Waals surface area (Å²) in [5, 5.41) is 6.93. The predicted octanol–water partition coefficient (Wildman–Crippen LogP) is 4.11. The molecule has 3 heterocycles. The van der Waals surface area contributed by atoms with Gasteiger partial charge in [-0.3, -0.25) is 14.3 Å². The van der Waals surface area contributed by atoms with E-state index < -0.39 is 18.0 Å². The third kappa shape index (κ3) is 5.76. The lowest BCUT2D eigenvalue weighted by molar-refractivity contribution is -0.185. The fourth-order valence-electron chi connectivity index (χ4n) is 4.86. The average Bonchev–Trinajstić information content (AvgIpc) is 3.42. The first-order chi connectivity index (χ1) is 16.6. The first-order valence-electron chi connectivity index (χ1n) is 11.9. The lowest BCUT2D eigenvalue weighted by Gasteiger charge is -2.33. The summed E-state index contributed by atoms with van der Waals surface area (Å²) in [5.74, 6) is -1.54. The number of anilines is 1. The molecule has 2 aromatic rings. The van der Waals surface area contributed by atoms with Gasteiger partial charge in [0.1, 0.15) is 6.61 Å². The van der Waals surface area contributed by atoms with Crippen LogP contribution in [-0.2, 0) is 11.8 Å². The van der Waals surface area contributed by atoms with E-state index in [1.165, 1.54) is 6.20 Å². The molecule has 0 spiro atoms. The Bertz CT molecular complexity index is 1040. The van der Waals surface area contributed by atoms with Gasteiger partial charge >= 0.3 is 6.18 Å². The normalized spacial score (nSPS) is 22.8. The SMILES string of the molecule is Cc1cc(NC(=O)c2ncccc2OC[C@H]2CCCN2C(=O)[C@H]2CC[C@H](C(F)(F)F)CC2)nn1C. The van der Waals surface area contributed by atoms with Gasteiger partial charge in [-0.15, -0.1) is 0 Å². The van der Waals surface area contributed by atoms with Gasteiger partial charge in [0, 0.05) is 37.5 Å². The maximum absolute atomic E-state index is 13.1. The highest BCUT2D eigenvalue weighted by molar-refractivity contribution is 6.04. The van der Waals surface area contributed by atoms with Crippen LogP contribution in [0.2, 0.25) is 0 Å². The molecule has 2 amide bonds. The van der Waals surface area contributed by atoms with Crippen LogP contribution in [0.1, 0.15) is 54.7 Å². The zero-order valence-electron chi connectivity index (χ0n) is 19.8. The largest absolute Gasteiger partial charge is 0.489 e. The Kier molecular flexibility index (Phi) is 7.32. The molecule has 190 valence electrons. The Hall–Kier alpha value is -3.11. The summed E-state index contributed by atoms with van der Waals surface area (Å²) in [6, 6.07) is 4.85. The van der Waals surface area contributed by atoms with Crippen molar-refractivity contribution in [2.24, 2.45) is 18.9 Å². The fraction of sp³-hybridized carbons (Fsp3) is 0.583. The molecule has 1 aliphatic carbocycles. The number of aromatic nitrogens is 3. The zero-order chi connectivity index (χ0) is 25.2. The second-order valence-corrected chi connectivity index (χ2v) is 9.33. The number of amides is 2. The summed E-state index contributed by atoms with van der Waals surface area (Å²) < 4.78 is 46.5. The van der Waals surface area contributed by atoms with E-state index in [1.54, 1.807) is 34.8 Å². The number of pyridine rings is 1. The van der Waals surface area contributed by atoms with Crippen LogP contribution in [0, 0.1) is 18.8 Å². The Balaban J connectivity index is 1.36. The molecule has 1 atom stereocenters. The number of carbonyl (C=O) groups excluding carboxylic acids is 2. The molecule has 0 aromatic carbocycles. The average molecular weight is 494 g/mol. The van der Waals surface area contributed by atoms with E-state index in [0.717, 1.165) is 18.5 Å². The number of ether oxygens (including phenoxy) is 1. The highest BCUT2D eigenvalue weighted by Gasteiger charge is 2.44. The highest BCUT2D eigenvalue weighted by Crippen LogP contribution is 2.40. The van der Waals surface area contributed by atoms with E-state index in [1.807, 2.05) is 6.92 Å². The molecule has 2 aromatic heterocycles. The van der Waals surface area contributed by atoms with E-state index in [2.05, 4.69) is 15.4 Å². The van der Waals surface area contributed by atoms with Crippen LogP contribution >= 0.6 is 0 Å². The van der Waals surface area contributed by atoms with Crippen molar-refractivity contribution in [3.63, 3.8) is 0 Å².